The molecule has 0 saturated carbocycles. The highest BCUT2D eigenvalue weighted by atomic mass is 16.6. The van der Waals surface area contributed by atoms with Gasteiger partial charge in [0.1, 0.15) is 0 Å². The molecule has 1 aromatic carbocycles. The summed E-state index contributed by atoms with van der Waals surface area (Å²) in [6, 6.07) is 4.51. The summed E-state index contributed by atoms with van der Waals surface area (Å²) in [5.41, 5.74) is 1.35. The number of nitrogens with zero attached hydrogens (tertiary/aromatic N) is 1. The van der Waals surface area contributed by atoms with Crippen LogP contribution in [0.3, 0.4) is 0 Å². The maximum absolute atomic E-state index is 12.2. The smallest absolute Gasteiger partial charge is 0.271 e. The van der Waals surface area contributed by atoms with Crippen LogP contribution in [0.5, 0.6) is 0 Å². The molecule has 0 fully saturated rings. The van der Waals surface area contributed by atoms with Crippen molar-refractivity contribution in [3.05, 3.63) is 33.9 Å². The summed E-state index contributed by atoms with van der Waals surface area (Å²) in [5, 5.41) is 13.6. The van der Waals surface area contributed by atoms with E-state index in [9.17, 15) is 14.9 Å². The number of unbranched alkanes of at least 4 members (excludes halogenated alkanes) is 1. The molecule has 1 N–H and O–H groups in total. The van der Waals surface area contributed by atoms with Gasteiger partial charge in [-0.15, -0.1) is 0 Å². The van der Waals surface area contributed by atoms with Crippen LogP contribution in [0.2, 0.25) is 0 Å². The predicted octanol–water partition coefficient (Wildman–Crippen LogP) is 4.06. The van der Waals surface area contributed by atoms with Crippen LogP contribution in [-0.4, -0.2) is 10.8 Å². The van der Waals surface area contributed by atoms with Gasteiger partial charge in [0, 0.05) is 18.1 Å². The Hall–Kier alpha value is -1.91. The van der Waals surface area contributed by atoms with E-state index < -0.39 is 4.92 Å². The zero-order valence-electron chi connectivity index (χ0n) is 12.3. The number of hydrogen-bond donors (Lipinski definition) is 1. The molecule has 0 saturated heterocycles. The van der Waals surface area contributed by atoms with Crippen LogP contribution >= 0.6 is 0 Å². The fraction of sp³-hybridized carbons (Fsp3) is 0.533. The van der Waals surface area contributed by atoms with Gasteiger partial charge >= 0.3 is 0 Å². The lowest BCUT2D eigenvalue weighted by atomic mass is 9.98. The Morgan fingerprint density at radius 3 is 2.65 bits per heavy atom. The van der Waals surface area contributed by atoms with Crippen LogP contribution in [0.1, 0.15) is 45.1 Å². The fourth-order valence-corrected chi connectivity index (χ4v) is 2.06. The maximum atomic E-state index is 12.2. The Kier molecular flexibility index (Phi) is 6.15. The van der Waals surface area contributed by atoms with E-state index in [1.165, 1.54) is 12.1 Å². The molecule has 1 unspecified atom stereocenters. The number of nitro groups is 1. The van der Waals surface area contributed by atoms with Crippen molar-refractivity contribution in [2.75, 3.05) is 5.32 Å². The quantitative estimate of drug-likeness (QED) is 0.604. The van der Waals surface area contributed by atoms with Gasteiger partial charge in [-0.05, 0) is 25.3 Å². The third-order valence-electron chi connectivity index (χ3n) is 3.46. The Bertz CT molecular complexity index is 486. The predicted molar refractivity (Wildman–Crippen MR) is 79.8 cm³/mol. The first-order chi connectivity index (χ1) is 9.49. The maximum Gasteiger partial charge on any atom is 0.271 e. The minimum absolute atomic E-state index is 0.00694. The number of amides is 1. The Morgan fingerprint density at radius 1 is 1.40 bits per heavy atom. The zero-order valence-corrected chi connectivity index (χ0v) is 12.3. The van der Waals surface area contributed by atoms with Crippen molar-refractivity contribution in [3.8, 4) is 0 Å². The molecule has 1 amide bonds. The first kappa shape index (κ1) is 16.1. The van der Waals surface area contributed by atoms with E-state index in [0.29, 0.717) is 5.69 Å². The van der Waals surface area contributed by atoms with Crippen molar-refractivity contribution >= 4 is 17.3 Å². The normalized spacial score (nSPS) is 11.9. The van der Waals surface area contributed by atoms with Crippen molar-refractivity contribution in [2.24, 2.45) is 5.92 Å². The summed E-state index contributed by atoms with van der Waals surface area (Å²) in [5.74, 6) is -0.0850. The van der Waals surface area contributed by atoms with Crippen LogP contribution in [-0.2, 0) is 4.79 Å². The third kappa shape index (κ3) is 4.33. The molecule has 0 bridgehead atoms. The molecular formula is C15H22N2O3. The second-order valence-corrected chi connectivity index (χ2v) is 4.99. The zero-order chi connectivity index (χ0) is 15.1. The van der Waals surface area contributed by atoms with Crippen molar-refractivity contribution in [1.29, 1.82) is 0 Å². The molecule has 110 valence electrons. The van der Waals surface area contributed by atoms with Crippen LogP contribution in [0, 0.1) is 23.0 Å². The lowest BCUT2D eigenvalue weighted by Crippen LogP contribution is -2.22. The molecule has 20 heavy (non-hydrogen) atoms. The van der Waals surface area contributed by atoms with Crippen LogP contribution in [0.15, 0.2) is 18.2 Å². The van der Waals surface area contributed by atoms with Crippen molar-refractivity contribution < 1.29 is 9.72 Å². The number of nitro benzene ring substituents is 1. The van der Waals surface area contributed by atoms with Crippen LogP contribution in [0.25, 0.3) is 0 Å². The monoisotopic (exact) mass is 278 g/mol. The molecule has 5 heteroatoms. The van der Waals surface area contributed by atoms with Gasteiger partial charge in [-0.25, -0.2) is 0 Å². The largest absolute Gasteiger partial charge is 0.325 e. The molecule has 5 nitrogen and oxygen atoms in total. The van der Waals surface area contributed by atoms with Gasteiger partial charge in [-0.3, -0.25) is 14.9 Å². The summed E-state index contributed by atoms with van der Waals surface area (Å²) in [4.78, 5) is 22.5. The standard InChI is InChI=1S/C15H22N2O3/c1-4-6-7-12(5-2)15(18)16-14-10-13(17(19)20)9-8-11(14)3/h8-10,12H,4-7H2,1-3H3,(H,16,18). The lowest BCUT2D eigenvalue weighted by Gasteiger charge is -2.15. The van der Waals surface area contributed by atoms with Gasteiger partial charge in [-0.2, -0.15) is 0 Å². The molecule has 0 aromatic heterocycles. The minimum atomic E-state index is -0.455. The average molecular weight is 278 g/mol. The van der Waals surface area contributed by atoms with Crippen molar-refractivity contribution in [3.63, 3.8) is 0 Å². The molecule has 1 atom stereocenters. The average Bonchev–Trinajstić information content (AvgIpc) is 2.41. The highest BCUT2D eigenvalue weighted by molar-refractivity contribution is 5.93. The molecule has 1 aromatic rings. The van der Waals surface area contributed by atoms with E-state index in [-0.39, 0.29) is 17.5 Å². The topological polar surface area (TPSA) is 72.2 Å². The lowest BCUT2D eigenvalue weighted by molar-refractivity contribution is -0.384. The number of carbonyl (C=O) groups is 1. The van der Waals surface area contributed by atoms with E-state index in [4.69, 9.17) is 0 Å². The van der Waals surface area contributed by atoms with Gasteiger partial charge in [0.05, 0.1) is 10.6 Å². The van der Waals surface area contributed by atoms with Crippen molar-refractivity contribution in [2.45, 2.75) is 46.5 Å². The van der Waals surface area contributed by atoms with E-state index in [0.717, 1.165) is 31.2 Å². The summed E-state index contributed by atoms with van der Waals surface area (Å²) >= 11 is 0. The van der Waals surface area contributed by atoms with E-state index in [2.05, 4.69) is 12.2 Å². The Labute approximate surface area is 119 Å². The highest BCUT2D eigenvalue weighted by Crippen LogP contribution is 2.23. The highest BCUT2D eigenvalue weighted by Gasteiger charge is 2.18. The molecule has 0 aliphatic carbocycles. The molecule has 1 rings (SSSR count). The number of aryl methyl sites for hydroxylation is 1. The number of carbonyl (C=O) groups excluding carboxylic acids is 1. The number of hydrogen-bond acceptors (Lipinski definition) is 3. The molecule has 0 aliphatic heterocycles. The van der Waals surface area contributed by atoms with E-state index in [1.54, 1.807) is 6.07 Å². The second-order valence-electron chi connectivity index (χ2n) is 4.99. The first-order valence-corrected chi connectivity index (χ1v) is 7.05. The summed E-state index contributed by atoms with van der Waals surface area (Å²) in [6.07, 6.45) is 3.70. The molecule has 0 heterocycles. The molecule has 0 spiro atoms. The summed E-state index contributed by atoms with van der Waals surface area (Å²) < 4.78 is 0. The molecular weight excluding hydrogens is 256 g/mol. The number of nitrogens with one attached hydrogen (secondary N) is 1. The van der Waals surface area contributed by atoms with Gasteiger partial charge in [0.15, 0.2) is 0 Å². The fourth-order valence-electron chi connectivity index (χ4n) is 2.06. The Balaban J connectivity index is 2.83. The van der Waals surface area contributed by atoms with Gasteiger partial charge < -0.3 is 5.32 Å². The van der Waals surface area contributed by atoms with Crippen molar-refractivity contribution in [1.82, 2.24) is 0 Å². The molecule has 0 radical (unpaired) electrons. The van der Waals surface area contributed by atoms with E-state index in [1.807, 2.05) is 13.8 Å². The first-order valence-electron chi connectivity index (χ1n) is 7.05. The number of benzene rings is 1. The molecule has 0 aliphatic rings. The second kappa shape index (κ2) is 7.62. The SMILES string of the molecule is CCCCC(CC)C(=O)Nc1cc([N+](=O)[O-])ccc1C. The summed E-state index contributed by atoms with van der Waals surface area (Å²) in [6.45, 7) is 5.90. The third-order valence-corrected chi connectivity index (χ3v) is 3.46. The van der Waals surface area contributed by atoms with Crippen LogP contribution in [0.4, 0.5) is 11.4 Å². The number of non-ortho nitro benzene ring substituents is 1. The van der Waals surface area contributed by atoms with E-state index >= 15 is 0 Å². The van der Waals surface area contributed by atoms with Gasteiger partial charge in [-0.1, -0.05) is 32.8 Å². The van der Waals surface area contributed by atoms with Gasteiger partial charge in [0.2, 0.25) is 5.91 Å². The number of anilines is 1. The minimum Gasteiger partial charge on any atom is -0.325 e. The summed E-state index contributed by atoms with van der Waals surface area (Å²) in [7, 11) is 0. The van der Waals surface area contributed by atoms with Crippen LogP contribution < -0.4 is 5.32 Å². The van der Waals surface area contributed by atoms with Gasteiger partial charge in [0.25, 0.3) is 5.69 Å². The Morgan fingerprint density at radius 2 is 2.10 bits per heavy atom. The number of rotatable bonds is 7.